The van der Waals surface area contributed by atoms with E-state index < -0.39 is 53.9 Å². The van der Waals surface area contributed by atoms with Gasteiger partial charge in [-0.05, 0) is 54.7 Å². The third-order valence-electron chi connectivity index (χ3n) is 8.50. The summed E-state index contributed by atoms with van der Waals surface area (Å²) in [5.41, 5.74) is 6.85. The van der Waals surface area contributed by atoms with Gasteiger partial charge in [0.05, 0.1) is 6.04 Å². The molecule has 0 bridgehead atoms. The monoisotopic (exact) mass is 617 g/mol. The minimum atomic E-state index is -1.16. The Morgan fingerprint density at radius 2 is 1.52 bits per heavy atom. The number of likely N-dealkylation sites (tertiary alicyclic amines) is 1. The van der Waals surface area contributed by atoms with E-state index >= 15 is 0 Å². The van der Waals surface area contributed by atoms with Crippen molar-refractivity contribution < 1.29 is 34.2 Å². The number of carboxylic acids is 1. The third-order valence-corrected chi connectivity index (χ3v) is 8.50. The molecule has 44 heavy (non-hydrogen) atoms. The summed E-state index contributed by atoms with van der Waals surface area (Å²) in [6.07, 6.45) is 2.53. The van der Waals surface area contributed by atoms with E-state index in [1.54, 1.807) is 19.1 Å². The largest absolute Gasteiger partial charge is 0.508 e. The van der Waals surface area contributed by atoms with Crippen LogP contribution >= 0.6 is 0 Å². The maximum atomic E-state index is 13.8. The summed E-state index contributed by atoms with van der Waals surface area (Å²) < 4.78 is 0. The van der Waals surface area contributed by atoms with Crippen LogP contribution in [0.5, 0.6) is 5.75 Å². The molecule has 0 unspecified atom stereocenters. The van der Waals surface area contributed by atoms with E-state index in [1.807, 2.05) is 34.6 Å². The summed E-state index contributed by atoms with van der Waals surface area (Å²) in [7, 11) is 0. The SMILES string of the molecule is CC[C@H](C)[C@H](N)C(=O)N1CCC[C@H]1C(=O)N[C@@H](Cc1ccc(O)cc1)C(=O)N[C@H](C(=O)N[C@@H](CC(C)C)C(=O)O)[C@@H](C)CC. The Labute approximate surface area is 260 Å². The minimum Gasteiger partial charge on any atom is -0.508 e. The van der Waals surface area contributed by atoms with Gasteiger partial charge in [-0.25, -0.2) is 4.79 Å². The van der Waals surface area contributed by atoms with Gasteiger partial charge < -0.3 is 36.8 Å². The summed E-state index contributed by atoms with van der Waals surface area (Å²) in [5.74, 6) is -3.58. The molecular weight excluding hydrogens is 566 g/mol. The molecular formula is C32H51N5O7. The zero-order valence-electron chi connectivity index (χ0n) is 26.8. The van der Waals surface area contributed by atoms with Gasteiger partial charge in [-0.2, -0.15) is 0 Å². The van der Waals surface area contributed by atoms with E-state index in [9.17, 15) is 34.2 Å². The molecule has 12 heteroatoms. The van der Waals surface area contributed by atoms with Crippen molar-refractivity contribution >= 4 is 29.6 Å². The molecule has 0 aromatic heterocycles. The van der Waals surface area contributed by atoms with Crippen molar-refractivity contribution in [3.63, 3.8) is 0 Å². The first-order valence-electron chi connectivity index (χ1n) is 15.7. The van der Waals surface area contributed by atoms with Crippen molar-refractivity contribution in [2.24, 2.45) is 23.5 Å². The Balaban J connectivity index is 2.32. The number of nitrogens with zero attached hydrogens (tertiary/aromatic N) is 1. The van der Waals surface area contributed by atoms with Crippen molar-refractivity contribution in [1.82, 2.24) is 20.9 Å². The van der Waals surface area contributed by atoms with Crippen LogP contribution in [0.3, 0.4) is 0 Å². The molecule has 0 radical (unpaired) electrons. The van der Waals surface area contributed by atoms with Crippen LogP contribution in [-0.2, 0) is 30.4 Å². The van der Waals surface area contributed by atoms with Gasteiger partial charge in [0, 0.05) is 13.0 Å². The lowest BCUT2D eigenvalue weighted by Crippen LogP contribution is -2.60. The molecule has 0 aliphatic carbocycles. The minimum absolute atomic E-state index is 0.0136. The fourth-order valence-electron chi connectivity index (χ4n) is 5.25. The Bertz CT molecular complexity index is 1140. The zero-order chi connectivity index (χ0) is 33.1. The highest BCUT2D eigenvalue weighted by Gasteiger charge is 2.39. The van der Waals surface area contributed by atoms with E-state index in [1.165, 1.54) is 17.0 Å². The molecule has 1 fully saturated rings. The van der Waals surface area contributed by atoms with E-state index in [0.29, 0.717) is 37.8 Å². The number of carbonyl (C=O) groups excluding carboxylic acids is 4. The molecule has 7 N–H and O–H groups in total. The Kier molecular flexibility index (Phi) is 14.1. The molecule has 2 rings (SSSR count). The van der Waals surface area contributed by atoms with Gasteiger partial charge in [0.2, 0.25) is 23.6 Å². The molecule has 7 atom stereocenters. The molecule has 1 aromatic carbocycles. The molecule has 1 aliphatic heterocycles. The van der Waals surface area contributed by atoms with Gasteiger partial charge in [0.15, 0.2) is 0 Å². The lowest BCUT2D eigenvalue weighted by molar-refractivity contribution is -0.143. The number of nitrogens with two attached hydrogens (primary N) is 1. The van der Waals surface area contributed by atoms with Gasteiger partial charge in [-0.1, -0.05) is 66.5 Å². The van der Waals surface area contributed by atoms with Crippen LogP contribution in [-0.4, -0.2) is 81.5 Å². The van der Waals surface area contributed by atoms with Gasteiger partial charge in [0.1, 0.15) is 29.9 Å². The summed E-state index contributed by atoms with van der Waals surface area (Å²) in [6.45, 7) is 11.5. The number of phenols is 1. The second-order valence-corrected chi connectivity index (χ2v) is 12.4. The van der Waals surface area contributed by atoms with Crippen LogP contribution in [0.4, 0.5) is 0 Å². The number of aliphatic carboxylic acids is 1. The van der Waals surface area contributed by atoms with E-state index in [0.717, 1.165) is 0 Å². The number of hydrogen-bond acceptors (Lipinski definition) is 7. The smallest absolute Gasteiger partial charge is 0.326 e. The number of nitrogens with one attached hydrogen (secondary N) is 3. The maximum Gasteiger partial charge on any atom is 0.326 e. The first-order chi connectivity index (χ1) is 20.7. The van der Waals surface area contributed by atoms with Crippen molar-refractivity contribution in [2.75, 3.05) is 6.54 Å². The van der Waals surface area contributed by atoms with Gasteiger partial charge in [0.25, 0.3) is 0 Å². The first-order valence-corrected chi connectivity index (χ1v) is 15.7. The topological polar surface area (TPSA) is 191 Å². The second-order valence-electron chi connectivity index (χ2n) is 12.4. The van der Waals surface area contributed by atoms with Crippen molar-refractivity contribution in [1.29, 1.82) is 0 Å². The molecule has 1 aromatic rings. The van der Waals surface area contributed by atoms with Crippen LogP contribution in [0.15, 0.2) is 24.3 Å². The Morgan fingerprint density at radius 3 is 2.07 bits per heavy atom. The van der Waals surface area contributed by atoms with Crippen LogP contribution in [0.1, 0.15) is 79.2 Å². The lowest BCUT2D eigenvalue weighted by atomic mass is 9.96. The van der Waals surface area contributed by atoms with Gasteiger partial charge >= 0.3 is 5.97 Å². The van der Waals surface area contributed by atoms with Crippen molar-refractivity contribution in [2.45, 2.75) is 110 Å². The number of amides is 4. The predicted octanol–water partition coefficient (Wildman–Crippen LogP) is 1.93. The molecule has 0 spiro atoms. The molecule has 246 valence electrons. The number of carbonyl (C=O) groups is 5. The predicted molar refractivity (Wildman–Crippen MR) is 166 cm³/mol. The second kappa shape index (κ2) is 17.0. The number of benzene rings is 1. The van der Waals surface area contributed by atoms with Crippen LogP contribution < -0.4 is 21.7 Å². The molecule has 1 heterocycles. The summed E-state index contributed by atoms with van der Waals surface area (Å²) >= 11 is 0. The summed E-state index contributed by atoms with van der Waals surface area (Å²) in [4.78, 5) is 67.2. The van der Waals surface area contributed by atoms with Crippen molar-refractivity contribution in [3.8, 4) is 5.75 Å². The summed E-state index contributed by atoms with van der Waals surface area (Å²) in [5, 5.41) is 27.5. The number of phenolic OH excluding ortho intramolecular Hbond substituents is 1. The quantitative estimate of drug-likeness (QED) is 0.162. The standard InChI is InChI=1S/C32H51N5O7/c1-7-19(5)26(33)31(42)37-15-9-10-25(37)29(40)34-23(17-21-11-13-22(38)14-12-21)28(39)36-27(20(6)8-2)30(41)35-24(32(43)44)16-18(3)4/h11-14,18-20,23-27,38H,7-10,15-17,33H2,1-6H3,(H,34,40)(H,35,41)(H,36,39)(H,43,44)/t19-,20-,23-,24-,25-,26-,27-/m0/s1. The van der Waals surface area contributed by atoms with Gasteiger partial charge in [-0.15, -0.1) is 0 Å². The first kappa shape index (κ1) is 36.5. The normalized spacial score (nSPS) is 18.9. The number of hydrogen-bond donors (Lipinski definition) is 6. The average molecular weight is 618 g/mol. The highest BCUT2D eigenvalue weighted by atomic mass is 16.4. The molecule has 1 saturated heterocycles. The summed E-state index contributed by atoms with van der Waals surface area (Å²) in [6, 6.07) is 1.34. The molecule has 12 nitrogen and oxygen atoms in total. The van der Waals surface area contributed by atoms with Crippen LogP contribution in [0.2, 0.25) is 0 Å². The molecule has 1 aliphatic rings. The average Bonchev–Trinajstić information content (AvgIpc) is 3.48. The number of rotatable bonds is 16. The Morgan fingerprint density at radius 1 is 0.909 bits per heavy atom. The maximum absolute atomic E-state index is 13.8. The fourth-order valence-corrected chi connectivity index (χ4v) is 5.25. The number of aromatic hydroxyl groups is 1. The van der Waals surface area contributed by atoms with Crippen LogP contribution in [0.25, 0.3) is 0 Å². The van der Waals surface area contributed by atoms with Gasteiger partial charge in [-0.3, -0.25) is 19.2 Å². The van der Waals surface area contributed by atoms with E-state index in [2.05, 4.69) is 16.0 Å². The zero-order valence-corrected chi connectivity index (χ0v) is 26.8. The lowest BCUT2D eigenvalue weighted by Gasteiger charge is -2.31. The van der Waals surface area contributed by atoms with E-state index in [4.69, 9.17) is 5.73 Å². The fraction of sp³-hybridized carbons (Fsp3) is 0.656. The highest BCUT2D eigenvalue weighted by molar-refractivity contribution is 5.96. The van der Waals surface area contributed by atoms with Crippen LogP contribution in [0, 0.1) is 17.8 Å². The van der Waals surface area contributed by atoms with Crippen molar-refractivity contribution in [3.05, 3.63) is 29.8 Å². The number of carboxylic acid groups (broad SMARTS) is 1. The van der Waals surface area contributed by atoms with E-state index in [-0.39, 0.29) is 42.3 Å². The third kappa shape index (κ3) is 10.2. The Hall–Kier alpha value is -3.67. The molecule has 0 saturated carbocycles. The highest BCUT2D eigenvalue weighted by Crippen LogP contribution is 2.21. The molecule has 4 amide bonds.